The molecule has 2 aliphatic heterocycles. The second-order valence-electron chi connectivity index (χ2n) is 10.6. The van der Waals surface area contributed by atoms with Crippen LogP contribution in [-0.2, 0) is 22.7 Å². The number of aromatic nitrogens is 4. The minimum Gasteiger partial charge on any atom is -0.487 e. The molecule has 2 N–H and O–H groups in total. The fraction of sp³-hybridized carbons (Fsp3) is 0.519. The van der Waals surface area contributed by atoms with Crippen molar-refractivity contribution < 1.29 is 28.7 Å². The lowest BCUT2D eigenvalue weighted by Crippen LogP contribution is -2.45. The number of anilines is 1. The van der Waals surface area contributed by atoms with Crippen LogP contribution in [0.1, 0.15) is 54.7 Å². The molecule has 0 saturated carbocycles. The van der Waals surface area contributed by atoms with E-state index in [1.165, 1.54) is 12.3 Å². The molecule has 0 spiro atoms. The van der Waals surface area contributed by atoms with E-state index in [1.807, 2.05) is 18.9 Å². The van der Waals surface area contributed by atoms with Crippen LogP contribution in [0.15, 0.2) is 23.3 Å². The van der Waals surface area contributed by atoms with Gasteiger partial charge in [-0.1, -0.05) is 11.6 Å². The van der Waals surface area contributed by atoms with Gasteiger partial charge in [0.25, 0.3) is 0 Å². The molecule has 0 aliphatic carbocycles. The van der Waals surface area contributed by atoms with Crippen LogP contribution in [0.2, 0.25) is 0 Å². The molecule has 1 saturated heterocycles. The first-order valence-electron chi connectivity index (χ1n) is 13.7. The minimum atomic E-state index is -0.832. The number of amides is 1. The Morgan fingerprint density at radius 2 is 1.98 bits per heavy atom. The Bertz CT molecular complexity index is 1500. The number of likely N-dealkylation sites (N-methyl/N-ethyl adjacent to an activating group) is 1. The summed E-state index contributed by atoms with van der Waals surface area (Å²) in [5.74, 6) is -1.49. The van der Waals surface area contributed by atoms with E-state index in [4.69, 9.17) is 14.7 Å². The molecular weight excluding hydrogens is 537 g/mol. The second-order valence-corrected chi connectivity index (χ2v) is 10.6. The first-order valence-corrected chi connectivity index (χ1v) is 13.7. The van der Waals surface area contributed by atoms with Crippen LogP contribution in [0.25, 0.3) is 10.9 Å². The van der Waals surface area contributed by atoms with E-state index in [2.05, 4.69) is 15.2 Å². The van der Waals surface area contributed by atoms with Gasteiger partial charge < -0.3 is 23.8 Å². The zero-order chi connectivity index (χ0) is 29.1. The standard InChI is InChI=1S/C27H34FN7O6/c1-17-15-40-26-23-19(12-21(28)24(26)33-10-8-32(2)9-11-33)25(37)20(14-35(17)23)27(38)41-16-18-13-34(31-29-18)7-5-3-4-6-22(36)30-39/h12-14,17,39H,3-11,15-16H2,1-2H3,(H,30,36)/t17-/m0/s1. The Balaban J connectivity index is 1.31. The fourth-order valence-corrected chi connectivity index (χ4v) is 5.21. The Labute approximate surface area is 235 Å². The molecule has 0 unspecified atom stereocenters. The van der Waals surface area contributed by atoms with Crippen LogP contribution in [0.4, 0.5) is 10.1 Å². The van der Waals surface area contributed by atoms with Gasteiger partial charge in [-0.25, -0.2) is 14.7 Å². The van der Waals surface area contributed by atoms with Crippen LogP contribution in [0.5, 0.6) is 5.75 Å². The molecule has 13 nitrogen and oxygen atoms in total. The second kappa shape index (κ2) is 12.2. The maximum atomic E-state index is 15.5. The van der Waals surface area contributed by atoms with Gasteiger partial charge >= 0.3 is 5.97 Å². The molecule has 5 rings (SSSR count). The first-order chi connectivity index (χ1) is 19.8. The summed E-state index contributed by atoms with van der Waals surface area (Å²) < 4.78 is 30.3. The lowest BCUT2D eigenvalue weighted by Gasteiger charge is -2.37. The van der Waals surface area contributed by atoms with E-state index in [0.29, 0.717) is 48.7 Å². The van der Waals surface area contributed by atoms with Gasteiger partial charge in [0.1, 0.15) is 30.2 Å². The van der Waals surface area contributed by atoms with Crippen molar-refractivity contribution in [3.05, 3.63) is 45.8 Å². The summed E-state index contributed by atoms with van der Waals surface area (Å²) in [6.45, 7) is 5.37. The smallest absolute Gasteiger partial charge is 0.344 e. The lowest BCUT2D eigenvalue weighted by atomic mass is 10.1. The topological polar surface area (TPSA) is 144 Å². The summed E-state index contributed by atoms with van der Waals surface area (Å²) >= 11 is 0. The zero-order valence-corrected chi connectivity index (χ0v) is 23.1. The van der Waals surface area contributed by atoms with Gasteiger partial charge in [0.05, 0.1) is 23.1 Å². The third-order valence-corrected chi connectivity index (χ3v) is 7.53. The molecular formula is C27H34FN7O6. The number of esters is 1. The molecule has 0 bridgehead atoms. The van der Waals surface area contributed by atoms with Gasteiger partial charge in [0.15, 0.2) is 11.6 Å². The van der Waals surface area contributed by atoms with Crippen molar-refractivity contribution in [2.75, 3.05) is 44.7 Å². The van der Waals surface area contributed by atoms with Crippen molar-refractivity contribution >= 4 is 28.5 Å². The highest BCUT2D eigenvalue weighted by Gasteiger charge is 2.31. The number of hydrogen-bond donors (Lipinski definition) is 2. The average Bonchev–Trinajstić information content (AvgIpc) is 3.42. The molecule has 0 radical (unpaired) electrons. The van der Waals surface area contributed by atoms with Gasteiger partial charge in [0.2, 0.25) is 11.3 Å². The van der Waals surface area contributed by atoms with Crippen molar-refractivity contribution in [3.63, 3.8) is 0 Å². The van der Waals surface area contributed by atoms with Crippen molar-refractivity contribution in [1.29, 1.82) is 0 Å². The fourth-order valence-electron chi connectivity index (χ4n) is 5.21. The quantitative estimate of drug-likeness (QED) is 0.160. The van der Waals surface area contributed by atoms with E-state index >= 15 is 4.39 Å². The first kappa shape index (κ1) is 28.5. The normalized spacial score (nSPS) is 17.0. The summed E-state index contributed by atoms with van der Waals surface area (Å²) in [6.07, 6.45) is 5.49. The largest absolute Gasteiger partial charge is 0.487 e. The molecule has 2 aliphatic rings. The molecule has 1 aromatic carbocycles. The predicted octanol–water partition coefficient (Wildman–Crippen LogP) is 1.86. The van der Waals surface area contributed by atoms with E-state index in [9.17, 15) is 14.4 Å². The van der Waals surface area contributed by atoms with Gasteiger partial charge in [-0.15, -0.1) is 5.10 Å². The summed E-state index contributed by atoms with van der Waals surface area (Å²) in [5, 5.41) is 16.6. The Morgan fingerprint density at radius 3 is 2.73 bits per heavy atom. The highest BCUT2D eigenvalue weighted by atomic mass is 19.1. The molecule has 220 valence electrons. The number of aryl methyl sites for hydroxylation is 1. The molecule has 1 amide bonds. The predicted molar refractivity (Wildman–Crippen MR) is 146 cm³/mol. The number of carbonyl (C=O) groups is 2. The molecule has 2 aromatic heterocycles. The monoisotopic (exact) mass is 571 g/mol. The molecule has 41 heavy (non-hydrogen) atoms. The average molecular weight is 572 g/mol. The van der Waals surface area contributed by atoms with E-state index in [1.54, 1.807) is 20.9 Å². The third kappa shape index (κ3) is 6.03. The Morgan fingerprint density at radius 1 is 1.20 bits per heavy atom. The molecule has 1 atom stereocenters. The number of unbranched alkanes of at least 4 members (excludes halogenated alkanes) is 2. The van der Waals surface area contributed by atoms with Crippen LogP contribution >= 0.6 is 0 Å². The van der Waals surface area contributed by atoms with Crippen LogP contribution < -0.4 is 20.5 Å². The van der Waals surface area contributed by atoms with Crippen molar-refractivity contribution in [1.82, 2.24) is 29.9 Å². The zero-order valence-electron chi connectivity index (χ0n) is 23.1. The van der Waals surface area contributed by atoms with Crippen LogP contribution in [-0.4, -0.2) is 81.4 Å². The number of halogens is 1. The summed E-state index contributed by atoms with van der Waals surface area (Å²) in [6, 6.07) is 1.01. The third-order valence-electron chi connectivity index (χ3n) is 7.53. The van der Waals surface area contributed by atoms with Gasteiger partial charge in [0, 0.05) is 45.3 Å². The van der Waals surface area contributed by atoms with E-state index < -0.39 is 23.1 Å². The number of ether oxygens (including phenoxy) is 2. The molecule has 1 fully saturated rings. The van der Waals surface area contributed by atoms with E-state index in [-0.39, 0.29) is 36.6 Å². The number of benzene rings is 1. The lowest BCUT2D eigenvalue weighted by molar-refractivity contribution is -0.129. The van der Waals surface area contributed by atoms with Gasteiger partial charge in [-0.3, -0.25) is 19.5 Å². The van der Waals surface area contributed by atoms with Crippen molar-refractivity contribution in [2.24, 2.45) is 0 Å². The molecule has 3 aromatic rings. The van der Waals surface area contributed by atoms with Gasteiger partial charge in [-0.05, 0) is 32.9 Å². The summed E-state index contributed by atoms with van der Waals surface area (Å²) in [5.41, 5.74) is 2.02. The number of nitrogens with zero attached hydrogens (tertiary/aromatic N) is 6. The summed E-state index contributed by atoms with van der Waals surface area (Å²) in [7, 11) is 2.02. The maximum absolute atomic E-state index is 15.5. The Kier molecular flexibility index (Phi) is 8.49. The Hall–Kier alpha value is -4.04. The maximum Gasteiger partial charge on any atom is 0.344 e. The number of pyridine rings is 1. The van der Waals surface area contributed by atoms with Crippen LogP contribution in [0, 0.1) is 5.82 Å². The number of piperazine rings is 1. The van der Waals surface area contributed by atoms with E-state index in [0.717, 1.165) is 25.9 Å². The highest BCUT2D eigenvalue weighted by Crippen LogP contribution is 2.42. The number of carbonyl (C=O) groups excluding carboxylic acids is 2. The SMILES string of the molecule is C[C@H]1COc2c(N3CCN(C)CC3)c(F)cc3c(=O)c(C(=O)OCc4cn(CCCCCC(=O)NO)nn4)cn1c23. The highest BCUT2D eigenvalue weighted by molar-refractivity contribution is 5.98. The van der Waals surface area contributed by atoms with Crippen LogP contribution in [0.3, 0.4) is 0 Å². The summed E-state index contributed by atoms with van der Waals surface area (Å²) in [4.78, 5) is 41.6. The number of hydrogen-bond acceptors (Lipinski definition) is 10. The number of hydroxylamine groups is 1. The molecule has 4 heterocycles. The number of rotatable bonds is 10. The van der Waals surface area contributed by atoms with Gasteiger partial charge in [-0.2, -0.15) is 0 Å². The minimum absolute atomic E-state index is 0.0683. The van der Waals surface area contributed by atoms with Crippen molar-refractivity contribution in [2.45, 2.75) is 51.8 Å². The van der Waals surface area contributed by atoms with Crippen molar-refractivity contribution in [3.8, 4) is 5.75 Å². The number of nitrogens with one attached hydrogen (secondary N) is 1. The molecule has 14 heteroatoms.